The molecule has 2 aromatic heterocycles. The summed E-state index contributed by atoms with van der Waals surface area (Å²) < 4.78 is 1.69. The number of hydrogen-bond donors (Lipinski definition) is 1. The zero-order valence-corrected chi connectivity index (χ0v) is 12.2. The highest BCUT2D eigenvalue weighted by Crippen LogP contribution is 2.18. The molecule has 0 radical (unpaired) electrons. The average molecular weight is 282 g/mol. The van der Waals surface area contributed by atoms with Gasteiger partial charge in [-0.05, 0) is 12.8 Å². The summed E-state index contributed by atoms with van der Waals surface area (Å²) in [6.45, 7) is 4.41. The van der Waals surface area contributed by atoms with Gasteiger partial charge in [-0.2, -0.15) is 19.6 Å². The lowest BCUT2D eigenvalue weighted by Crippen LogP contribution is -2.21. The van der Waals surface area contributed by atoms with Gasteiger partial charge in [0.05, 0.1) is 0 Å². The number of nitrogens with one attached hydrogen (secondary N) is 1. The third-order valence-corrected chi connectivity index (χ3v) is 3.31. The predicted octanol–water partition coefficient (Wildman–Crippen LogP) is 3.55. The van der Waals surface area contributed by atoms with Crippen LogP contribution in [0.5, 0.6) is 0 Å². The van der Waals surface area contributed by atoms with Gasteiger partial charge in [0.15, 0.2) is 0 Å². The molecule has 0 aromatic carbocycles. The molecule has 0 bridgehead atoms. The summed E-state index contributed by atoms with van der Waals surface area (Å²) >= 11 is 6.01. The van der Waals surface area contributed by atoms with Gasteiger partial charge in [-0.3, -0.25) is 0 Å². The summed E-state index contributed by atoms with van der Waals surface area (Å²) in [4.78, 5) is 8.20. The van der Waals surface area contributed by atoms with Crippen molar-refractivity contribution >= 4 is 23.2 Å². The SMILES string of the molecule is CCCCC(CCC)Nc1cc(Cl)nc2ncnn12. The van der Waals surface area contributed by atoms with E-state index in [1.165, 1.54) is 19.2 Å². The lowest BCUT2D eigenvalue weighted by Gasteiger charge is -2.19. The molecule has 0 aliphatic heterocycles. The summed E-state index contributed by atoms with van der Waals surface area (Å²) in [5.74, 6) is 1.39. The normalized spacial score (nSPS) is 12.8. The third-order valence-electron chi connectivity index (χ3n) is 3.12. The van der Waals surface area contributed by atoms with Crippen LogP contribution in [0.2, 0.25) is 5.15 Å². The maximum Gasteiger partial charge on any atom is 0.255 e. The van der Waals surface area contributed by atoms with Crippen LogP contribution in [0.4, 0.5) is 5.82 Å². The van der Waals surface area contributed by atoms with Crippen LogP contribution in [-0.2, 0) is 0 Å². The Hall–Kier alpha value is -1.36. The van der Waals surface area contributed by atoms with E-state index in [0.29, 0.717) is 17.0 Å². The summed E-state index contributed by atoms with van der Waals surface area (Å²) in [7, 11) is 0. The van der Waals surface area contributed by atoms with E-state index < -0.39 is 0 Å². The van der Waals surface area contributed by atoms with Crippen LogP contribution in [0, 0.1) is 0 Å². The molecule has 1 unspecified atom stereocenters. The van der Waals surface area contributed by atoms with Crippen LogP contribution < -0.4 is 5.32 Å². The molecule has 19 heavy (non-hydrogen) atoms. The van der Waals surface area contributed by atoms with E-state index in [1.807, 2.05) is 0 Å². The lowest BCUT2D eigenvalue weighted by molar-refractivity contribution is 0.561. The molecule has 0 aliphatic carbocycles. The van der Waals surface area contributed by atoms with E-state index in [9.17, 15) is 0 Å². The highest BCUT2D eigenvalue weighted by atomic mass is 35.5. The molecule has 6 heteroatoms. The van der Waals surface area contributed by atoms with Gasteiger partial charge >= 0.3 is 0 Å². The summed E-state index contributed by atoms with van der Waals surface area (Å²) in [5.41, 5.74) is 0. The van der Waals surface area contributed by atoms with Crippen molar-refractivity contribution in [1.82, 2.24) is 19.6 Å². The first kappa shape index (κ1) is 14.1. The first-order chi connectivity index (χ1) is 9.24. The summed E-state index contributed by atoms with van der Waals surface area (Å²) in [5, 5.41) is 8.13. The molecule has 0 saturated heterocycles. The average Bonchev–Trinajstić information content (AvgIpc) is 2.84. The van der Waals surface area contributed by atoms with Crippen LogP contribution in [0.15, 0.2) is 12.4 Å². The molecule has 5 nitrogen and oxygen atoms in total. The van der Waals surface area contributed by atoms with E-state index in [0.717, 1.165) is 25.1 Å². The Bertz CT molecular complexity index is 525. The van der Waals surface area contributed by atoms with Crippen LogP contribution in [0.3, 0.4) is 0 Å². The fourth-order valence-corrected chi connectivity index (χ4v) is 2.36. The van der Waals surface area contributed by atoms with E-state index in [4.69, 9.17) is 11.6 Å². The van der Waals surface area contributed by atoms with Gasteiger partial charge in [0.25, 0.3) is 5.78 Å². The maximum atomic E-state index is 6.01. The minimum absolute atomic E-state index is 0.439. The Morgan fingerprint density at radius 1 is 1.32 bits per heavy atom. The van der Waals surface area contributed by atoms with E-state index in [-0.39, 0.29) is 0 Å². The zero-order chi connectivity index (χ0) is 13.7. The second-order valence-corrected chi connectivity index (χ2v) is 5.10. The van der Waals surface area contributed by atoms with E-state index in [1.54, 1.807) is 10.6 Å². The van der Waals surface area contributed by atoms with Crippen molar-refractivity contribution in [3.63, 3.8) is 0 Å². The number of aromatic nitrogens is 4. The largest absolute Gasteiger partial charge is 0.367 e. The fraction of sp³-hybridized carbons (Fsp3) is 0.615. The van der Waals surface area contributed by atoms with Crippen molar-refractivity contribution < 1.29 is 0 Å². The molecular weight excluding hydrogens is 262 g/mol. The van der Waals surface area contributed by atoms with Crippen LogP contribution >= 0.6 is 11.6 Å². The molecule has 0 saturated carbocycles. The molecule has 2 aromatic rings. The van der Waals surface area contributed by atoms with E-state index >= 15 is 0 Å². The molecule has 2 rings (SSSR count). The van der Waals surface area contributed by atoms with Crippen molar-refractivity contribution in [3.8, 4) is 0 Å². The highest BCUT2D eigenvalue weighted by Gasteiger charge is 2.11. The van der Waals surface area contributed by atoms with Gasteiger partial charge in [-0.15, -0.1) is 0 Å². The number of nitrogens with zero attached hydrogens (tertiary/aromatic N) is 4. The van der Waals surface area contributed by atoms with Crippen molar-refractivity contribution in [3.05, 3.63) is 17.5 Å². The molecular formula is C13H20ClN5. The number of unbranched alkanes of at least 4 members (excludes halogenated alkanes) is 1. The lowest BCUT2D eigenvalue weighted by atomic mass is 10.1. The maximum absolute atomic E-state index is 6.01. The van der Waals surface area contributed by atoms with E-state index in [2.05, 4.69) is 34.2 Å². The fourth-order valence-electron chi connectivity index (χ4n) is 2.18. The minimum atomic E-state index is 0.439. The Morgan fingerprint density at radius 2 is 2.16 bits per heavy atom. The van der Waals surface area contributed by atoms with Crippen molar-refractivity contribution in [1.29, 1.82) is 0 Å². The third kappa shape index (κ3) is 3.56. The number of rotatable bonds is 7. The van der Waals surface area contributed by atoms with Gasteiger partial charge in [-0.25, -0.2) is 0 Å². The van der Waals surface area contributed by atoms with Crippen molar-refractivity contribution in [2.75, 3.05) is 5.32 Å². The van der Waals surface area contributed by atoms with Crippen LogP contribution in [0.25, 0.3) is 5.78 Å². The zero-order valence-electron chi connectivity index (χ0n) is 11.4. The molecule has 1 atom stereocenters. The number of anilines is 1. The van der Waals surface area contributed by atoms with Gasteiger partial charge in [0.2, 0.25) is 0 Å². The van der Waals surface area contributed by atoms with Gasteiger partial charge in [0, 0.05) is 12.1 Å². The number of hydrogen-bond acceptors (Lipinski definition) is 4. The molecule has 0 fully saturated rings. The minimum Gasteiger partial charge on any atom is -0.367 e. The summed E-state index contributed by atoms with van der Waals surface area (Å²) in [6.07, 6.45) is 7.36. The standard InChI is InChI=1S/C13H20ClN5/c1-3-5-7-10(6-4-2)17-12-8-11(14)18-13-15-9-16-19(12)13/h8-10,17H,3-7H2,1-2H3. The first-order valence-corrected chi connectivity index (χ1v) is 7.25. The second kappa shape index (κ2) is 6.70. The van der Waals surface area contributed by atoms with Crippen molar-refractivity contribution in [2.45, 2.75) is 52.0 Å². The second-order valence-electron chi connectivity index (χ2n) is 4.71. The Labute approximate surface area is 118 Å². The predicted molar refractivity (Wildman–Crippen MR) is 77.6 cm³/mol. The van der Waals surface area contributed by atoms with Gasteiger partial charge < -0.3 is 5.32 Å². The Morgan fingerprint density at radius 3 is 2.89 bits per heavy atom. The van der Waals surface area contributed by atoms with Gasteiger partial charge in [0.1, 0.15) is 17.3 Å². The molecule has 104 valence electrons. The smallest absolute Gasteiger partial charge is 0.255 e. The molecule has 2 heterocycles. The molecule has 0 spiro atoms. The topological polar surface area (TPSA) is 55.1 Å². The monoisotopic (exact) mass is 281 g/mol. The highest BCUT2D eigenvalue weighted by molar-refractivity contribution is 6.29. The van der Waals surface area contributed by atoms with Crippen molar-refractivity contribution in [2.24, 2.45) is 0 Å². The number of halogens is 1. The van der Waals surface area contributed by atoms with Gasteiger partial charge in [-0.1, -0.05) is 44.7 Å². The van der Waals surface area contributed by atoms with Crippen LogP contribution in [0.1, 0.15) is 46.0 Å². The quantitative estimate of drug-likeness (QED) is 0.789. The molecule has 1 N–H and O–H groups in total. The Balaban J connectivity index is 2.19. The first-order valence-electron chi connectivity index (χ1n) is 6.87. The van der Waals surface area contributed by atoms with Crippen LogP contribution in [-0.4, -0.2) is 25.6 Å². The number of fused-ring (bicyclic) bond motifs is 1. The Kier molecular flexibility index (Phi) is 4.96. The summed E-state index contributed by atoms with van der Waals surface area (Å²) in [6, 6.07) is 2.24. The molecule has 0 aliphatic rings. The molecule has 0 amide bonds.